The van der Waals surface area contributed by atoms with E-state index in [9.17, 15) is 9.00 Å². The van der Waals surface area contributed by atoms with Crippen molar-refractivity contribution < 1.29 is 18.8 Å². The van der Waals surface area contributed by atoms with Crippen molar-refractivity contribution in [2.24, 2.45) is 0 Å². The molecule has 1 N–H and O–H groups in total. The molecule has 0 saturated carbocycles. The number of ether oxygens (including phenoxy) is 1. The molecule has 21 heavy (non-hydrogen) atoms. The molecule has 0 aliphatic carbocycles. The van der Waals surface area contributed by atoms with E-state index in [0.717, 1.165) is 30.8 Å². The third-order valence-corrected chi connectivity index (χ3v) is 7.12. The van der Waals surface area contributed by atoms with E-state index in [1.807, 2.05) is 11.8 Å². The highest BCUT2D eigenvalue weighted by molar-refractivity contribution is 7.99. The first kappa shape index (κ1) is 15.1. The van der Waals surface area contributed by atoms with Crippen LogP contribution in [0, 0.1) is 0 Å². The van der Waals surface area contributed by atoms with Crippen molar-refractivity contribution >= 4 is 28.5 Å². The quantitative estimate of drug-likeness (QED) is 0.925. The normalized spacial score (nSPS) is 30.4. The molecule has 2 aliphatic heterocycles. The minimum Gasteiger partial charge on any atom is -0.478 e. The highest BCUT2D eigenvalue weighted by Crippen LogP contribution is 2.40. The van der Waals surface area contributed by atoms with Crippen LogP contribution in [-0.2, 0) is 15.5 Å². The monoisotopic (exact) mass is 326 g/mol. The van der Waals surface area contributed by atoms with Gasteiger partial charge in [-0.15, -0.1) is 0 Å². The molecule has 2 saturated heterocycles. The van der Waals surface area contributed by atoms with Gasteiger partial charge in [0.15, 0.2) is 0 Å². The van der Waals surface area contributed by atoms with Crippen LogP contribution in [0.15, 0.2) is 29.2 Å². The van der Waals surface area contributed by atoms with Crippen LogP contribution < -0.4 is 0 Å². The SMILES string of the molecule is O=C(O)c1ccc(S(=O)C2CCOC3(CCSC3)C2)cc1. The summed E-state index contributed by atoms with van der Waals surface area (Å²) in [6, 6.07) is 6.39. The smallest absolute Gasteiger partial charge is 0.335 e. The predicted octanol–water partition coefficient (Wildman–Crippen LogP) is 2.55. The maximum atomic E-state index is 12.7. The summed E-state index contributed by atoms with van der Waals surface area (Å²) in [5.41, 5.74) is 0.149. The summed E-state index contributed by atoms with van der Waals surface area (Å²) in [5, 5.41) is 9.01. The number of carboxylic acid groups (broad SMARTS) is 1. The van der Waals surface area contributed by atoms with Crippen LogP contribution >= 0.6 is 11.8 Å². The number of carboxylic acids is 1. The van der Waals surface area contributed by atoms with Crippen LogP contribution in [0.4, 0.5) is 0 Å². The summed E-state index contributed by atoms with van der Waals surface area (Å²) in [5.74, 6) is 1.16. The van der Waals surface area contributed by atoms with Crippen LogP contribution in [0.5, 0.6) is 0 Å². The van der Waals surface area contributed by atoms with Gasteiger partial charge in [-0.3, -0.25) is 4.21 Å². The van der Waals surface area contributed by atoms with Crippen LogP contribution in [0.3, 0.4) is 0 Å². The summed E-state index contributed by atoms with van der Waals surface area (Å²) < 4.78 is 18.7. The summed E-state index contributed by atoms with van der Waals surface area (Å²) in [6.45, 7) is 0.671. The lowest BCUT2D eigenvalue weighted by Crippen LogP contribution is -2.43. The van der Waals surface area contributed by atoms with E-state index in [2.05, 4.69) is 0 Å². The van der Waals surface area contributed by atoms with E-state index in [0.29, 0.717) is 11.5 Å². The molecule has 3 rings (SSSR count). The van der Waals surface area contributed by atoms with Gasteiger partial charge in [0, 0.05) is 22.5 Å². The van der Waals surface area contributed by atoms with Crippen LogP contribution in [-0.4, -0.2) is 44.2 Å². The molecule has 0 radical (unpaired) electrons. The second-order valence-electron chi connectivity index (χ2n) is 5.58. The fraction of sp³-hybridized carbons (Fsp3) is 0.533. The number of hydrogen-bond acceptors (Lipinski definition) is 4. The van der Waals surface area contributed by atoms with Crippen LogP contribution in [0.1, 0.15) is 29.6 Å². The molecule has 3 atom stereocenters. The molecular weight excluding hydrogens is 308 g/mol. The lowest BCUT2D eigenvalue weighted by atomic mass is 9.93. The number of hydrogen-bond donors (Lipinski definition) is 1. The second-order valence-corrected chi connectivity index (χ2v) is 8.41. The van der Waals surface area contributed by atoms with Gasteiger partial charge < -0.3 is 9.84 Å². The molecule has 0 amide bonds. The average Bonchev–Trinajstić information content (AvgIpc) is 2.94. The summed E-state index contributed by atoms with van der Waals surface area (Å²) in [6.07, 6.45) is 2.69. The van der Waals surface area contributed by atoms with E-state index in [1.165, 1.54) is 12.1 Å². The predicted molar refractivity (Wildman–Crippen MR) is 83.5 cm³/mol. The lowest BCUT2D eigenvalue weighted by Gasteiger charge is -2.37. The Balaban J connectivity index is 1.73. The Kier molecular flexibility index (Phi) is 4.38. The van der Waals surface area contributed by atoms with Crippen molar-refractivity contribution in [2.75, 3.05) is 18.1 Å². The summed E-state index contributed by atoms with van der Waals surface area (Å²) in [7, 11) is -1.10. The maximum Gasteiger partial charge on any atom is 0.335 e. The number of aromatic carboxylic acids is 1. The molecule has 1 aromatic carbocycles. The fourth-order valence-corrected chi connectivity index (χ4v) is 5.89. The first-order valence-corrected chi connectivity index (χ1v) is 9.42. The second kappa shape index (κ2) is 6.10. The van der Waals surface area contributed by atoms with E-state index in [-0.39, 0.29) is 16.4 Å². The van der Waals surface area contributed by atoms with Crippen molar-refractivity contribution in [3.63, 3.8) is 0 Å². The molecule has 3 unspecified atom stereocenters. The Hall–Kier alpha value is -0.850. The molecule has 4 nitrogen and oxygen atoms in total. The van der Waals surface area contributed by atoms with Gasteiger partial charge in [-0.25, -0.2) is 4.79 Å². The zero-order valence-corrected chi connectivity index (χ0v) is 13.3. The number of rotatable bonds is 3. The summed E-state index contributed by atoms with van der Waals surface area (Å²) >= 11 is 1.90. The minimum absolute atomic E-state index is 0.0791. The number of benzene rings is 1. The van der Waals surface area contributed by atoms with Crippen molar-refractivity contribution in [3.8, 4) is 0 Å². The molecule has 2 aliphatic rings. The average molecular weight is 326 g/mol. The minimum atomic E-state index is -1.10. The molecule has 2 fully saturated rings. The van der Waals surface area contributed by atoms with Crippen molar-refractivity contribution in [1.82, 2.24) is 0 Å². The molecular formula is C15H18O4S2. The van der Waals surface area contributed by atoms with Gasteiger partial charge in [-0.1, -0.05) is 0 Å². The molecule has 0 aromatic heterocycles. The van der Waals surface area contributed by atoms with Gasteiger partial charge in [0.2, 0.25) is 0 Å². The Morgan fingerprint density at radius 1 is 1.38 bits per heavy atom. The number of carbonyl (C=O) groups is 1. The van der Waals surface area contributed by atoms with Gasteiger partial charge in [0.1, 0.15) is 0 Å². The van der Waals surface area contributed by atoms with Crippen molar-refractivity contribution in [2.45, 2.75) is 35.0 Å². The first-order chi connectivity index (χ1) is 10.1. The van der Waals surface area contributed by atoms with Gasteiger partial charge in [0.25, 0.3) is 0 Å². The van der Waals surface area contributed by atoms with Crippen LogP contribution in [0.25, 0.3) is 0 Å². The summed E-state index contributed by atoms with van der Waals surface area (Å²) in [4.78, 5) is 11.6. The van der Waals surface area contributed by atoms with E-state index < -0.39 is 16.8 Å². The van der Waals surface area contributed by atoms with Crippen LogP contribution in [0.2, 0.25) is 0 Å². The van der Waals surface area contributed by atoms with Gasteiger partial charge in [-0.05, 0) is 49.3 Å². The van der Waals surface area contributed by atoms with E-state index >= 15 is 0 Å². The Morgan fingerprint density at radius 3 is 2.76 bits per heavy atom. The zero-order valence-electron chi connectivity index (χ0n) is 11.6. The van der Waals surface area contributed by atoms with Gasteiger partial charge in [-0.2, -0.15) is 11.8 Å². The Labute approximate surface area is 130 Å². The molecule has 114 valence electrons. The van der Waals surface area contributed by atoms with Crippen molar-refractivity contribution in [3.05, 3.63) is 29.8 Å². The lowest BCUT2D eigenvalue weighted by molar-refractivity contribution is -0.0567. The third kappa shape index (κ3) is 3.17. The molecule has 6 heteroatoms. The van der Waals surface area contributed by atoms with Gasteiger partial charge in [0.05, 0.1) is 22.0 Å². The fourth-order valence-electron chi connectivity index (χ4n) is 2.95. The highest BCUT2D eigenvalue weighted by Gasteiger charge is 2.42. The largest absolute Gasteiger partial charge is 0.478 e. The molecule has 1 aromatic rings. The Morgan fingerprint density at radius 2 is 2.14 bits per heavy atom. The standard InChI is InChI=1S/C15H18O4S2/c16-14(17)11-1-3-12(4-2-11)21(18)13-5-7-19-15(9-13)6-8-20-10-15/h1-4,13H,5-10H2,(H,16,17). The van der Waals surface area contributed by atoms with E-state index in [1.54, 1.807) is 12.1 Å². The topological polar surface area (TPSA) is 63.6 Å². The zero-order chi connectivity index (χ0) is 14.9. The van der Waals surface area contributed by atoms with Gasteiger partial charge >= 0.3 is 5.97 Å². The highest BCUT2D eigenvalue weighted by atomic mass is 32.2. The molecule has 1 spiro atoms. The third-order valence-electron chi connectivity index (χ3n) is 4.15. The number of thioether (sulfide) groups is 1. The molecule has 0 bridgehead atoms. The van der Waals surface area contributed by atoms with Crippen molar-refractivity contribution in [1.29, 1.82) is 0 Å². The van der Waals surface area contributed by atoms with E-state index in [4.69, 9.17) is 9.84 Å². The first-order valence-electron chi connectivity index (χ1n) is 7.05. The molecule has 2 heterocycles. The Bertz CT molecular complexity index is 549. The maximum absolute atomic E-state index is 12.7.